The molecule has 34 heavy (non-hydrogen) atoms. The highest BCUT2D eigenvalue weighted by Crippen LogP contribution is 2.41. The van der Waals surface area contributed by atoms with Crippen LogP contribution in [-0.2, 0) is 17.9 Å². The van der Waals surface area contributed by atoms with Crippen LogP contribution in [0.15, 0.2) is 53.4 Å². The Kier molecular flexibility index (Phi) is 6.52. The van der Waals surface area contributed by atoms with Gasteiger partial charge in [0.05, 0.1) is 17.5 Å². The van der Waals surface area contributed by atoms with E-state index in [0.717, 1.165) is 0 Å². The summed E-state index contributed by atoms with van der Waals surface area (Å²) in [7, 11) is 0. The number of phenols is 1. The molecule has 5 nitrogen and oxygen atoms in total. The second-order valence-corrected chi connectivity index (χ2v) is 9.02. The van der Waals surface area contributed by atoms with Gasteiger partial charge in [-0.25, -0.2) is 17.6 Å². The van der Waals surface area contributed by atoms with E-state index in [1.165, 1.54) is 53.1 Å². The lowest BCUT2D eigenvalue weighted by Crippen LogP contribution is -2.39. The molecule has 1 atom stereocenters. The highest BCUT2D eigenvalue weighted by Gasteiger charge is 2.32. The van der Waals surface area contributed by atoms with Crippen LogP contribution in [0, 0.1) is 23.3 Å². The first kappa shape index (κ1) is 23.6. The lowest BCUT2D eigenvalue weighted by Gasteiger charge is -2.33. The number of benzene rings is 3. The number of nitrogens with one attached hydrogen (secondary N) is 1. The van der Waals surface area contributed by atoms with Crippen molar-refractivity contribution in [3.05, 3.63) is 88.5 Å². The van der Waals surface area contributed by atoms with Gasteiger partial charge >= 0.3 is 0 Å². The molecule has 1 unspecified atom stereocenters. The number of phenolic OH excluding ortho intramolecular Hbond substituents is 1. The number of thioether (sulfide) groups is 1. The van der Waals surface area contributed by atoms with E-state index in [1.54, 1.807) is 6.92 Å². The Morgan fingerprint density at radius 1 is 1.03 bits per heavy atom. The molecule has 1 aliphatic rings. The van der Waals surface area contributed by atoms with Gasteiger partial charge in [0.25, 0.3) is 5.91 Å². The zero-order valence-electron chi connectivity index (χ0n) is 17.7. The van der Waals surface area contributed by atoms with Crippen molar-refractivity contribution in [3.63, 3.8) is 0 Å². The van der Waals surface area contributed by atoms with E-state index in [1.807, 2.05) is 0 Å². The molecule has 0 saturated carbocycles. The van der Waals surface area contributed by atoms with Crippen LogP contribution < -0.4 is 10.2 Å². The van der Waals surface area contributed by atoms with E-state index in [0.29, 0.717) is 22.7 Å². The van der Waals surface area contributed by atoms with Gasteiger partial charge in [-0.2, -0.15) is 0 Å². The topological polar surface area (TPSA) is 69.6 Å². The average Bonchev–Trinajstić information content (AvgIpc) is 2.77. The summed E-state index contributed by atoms with van der Waals surface area (Å²) in [6.45, 7) is 0.968. The first-order valence-electron chi connectivity index (χ1n) is 10.2. The number of rotatable bonds is 5. The van der Waals surface area contributed by atoms with Crippen molar-refractivity contribution >= 4 is 29.3 Å². The second kappa shape index (κ2) is 9.38. The van der Waals surface area contributed by atoms with Crippen LogP contribution in [-0.4, -0.2) is 22.2 Å². The van der Waals surface area contributed by atoms with E-state index in [4.69, 9.17) is 0 Å². The SMILES string of the molecule is CC1Sc2cc(C(=O)NCc3c(F)cc(F)cc3F)ccc2N(Cc2c(O)cccc2F)C1=O. The molecule has 0 radical (unpaired) electrons. The van der Waals surface area contributed by atoms with Gasteiger partial charge in [-0.05, 0) is 37.3 Å². The number of carbonyl (C=O) groups excluding carboxylic acids is 2. The third kappa shape index (κ3) is 4.58. The number of halogens is 4. The Bertz CT molecular complexity index is 1260. The molecule has 1 heterocycles. The van der Waals surface area contributed by atoms with Crippen molar-refractivity contribution in [1.82, 2.24) is 5.32 Å². The van der Waals surface area contributed by atoms with E-state index in [2.05, 4.69) is 5.32 Å². The number of amides is 2. The van der Waals surface area contributed by atoms with E-state index < -0.39 is 46.5 Å². The number of hydrogen-bond acceptors (Lipinski definition) is 4. The number of nitrogens with zero attached hydrogens (tertiary/aromatic N) is 1. The third-order valence-corrected chi connectivity index (χ3v) is 6.51. The van der Waals surface area contributed by atoms with Crippen molar-refractivity contribution in [3.8, 4) is 5.75 Å². The summed E-state index contributed by atoms with van der Waals surface area (Å²) in [5.41, 5.74) is 0.0931. The standard InChI is InChI=1S/C24H18F4N2O3S/c1-12-24(33)30(11-16-17(26)3-2-4-21(16)31)20-6-5-13(7-22(20)34-12)23(32)29-10-15-18(27)8-14(25)9-19(15)28/h2-9,12,31H,10-11H2,1H3,(H,29,32). The smallest absolute Gasteiger partial charge is 0.251 e. The van der Waals surface area contributed by atoms with Gasteiger partial charge < -0.3 is 15.3 Å². The maximum atomic E-state index is 14.2. The molecule has 3 aromatic rings. The molecule has 176 valence electrons. The largest absolute Gasteiger partial charge is 0.507 e. The van der Waals surface area contributed by atoms with Gasteiger partial charge in [-0.3, -0.25) is 9.59 Å². The van der Waals surface area contributed by atoms with Gasteiger partial charge in [0.2, 0.25) is 5.91 Å². The number of carbonyl (C=O) groups is 2. The first-order chi connectivity index (χ1) is 16.2. The second-order valence-electron chi connectivity index (χ2n) is 7.64. The maximum absolute atomic E-state index is 14.2. The van der Waals surface area contributed by atoms with Crippen LogP contribution in [0.2, 0.25) is 0 Å². The van der Waals surface area contributed by atoms with E-state index in [-0.39, 0.29) is 29.3 Å². The molecule has 3 aromatic carbocycles. The molecule has 10 heteroatoms. The van der Waals surface area contributed by atoms with E-state index in [9.17, 15) is 32.3 Å². The summed E-state index contributed by atoms with van der Waals surface area (Å²) in [5.74, 6) is -5.15. The van der Waals surface area contributed by atoms with Crippen LogP contribution in [0.4, 0.5) is 23.2 Å². The summed E-state index contributed by atoms with van der Waals surface area (Å²) in [6.07, 6.45) is 0. The van der Waals surface area contributed by atoms with Crippen molar-refractivity contribution in [2.45, 2.75) is 30.2 Å². The fourth-order valence-corrected chi connectivity index (χ4v) is 4.69. The molecule has 2 N–H and O–H groups in total. The number of aromatic hydroxyl groups is 1. The fourth-order valence-electron chi connectivity index (χ4n) is 3.59. The monoisotopic (exact) mass is 490 g/mol. The maximum Gasteiger partial charge on any atom is 0.251 e. The van der Waals surface area contributed by atoms with Gasteiger partial charge in [-0.15, -0.1) is 11.8 Å². The van der Waals surface area contributed by atoms with Crippen molar-refractivity contribution in [2.75, 3.05) is 4.90 Å². The van der Waals surface area contributed by atoms with Gasteiger partial charge in [0, 0.05) is 40.3 Å². The minimum absolute atomic E-state index is 0.0360. The van der Waals surface area contributed by atoms with Crippen molar-refractivity contribution in [2.24, 2.45) is 0 Å². The van der Waals surface area contributed by atoms with Crippen LogP contribution in [0.3, 0.4) is 0 Å². The van der Waals surface area contributed by atoms with Crippen LogP contribution in [0.1, 0.15) is 28.4 Å². The zero-order chi connectivity index (χ0) is 24.6. The predicted octanol–water partition coefficient (Wildman–Crippen LogP) is 4.91. The Labute approximate surface area is 196 Å². The molecule has 0 bridgehead atoms. The lowest BCUT2D eigenvalue weighted by atomic mass is 10.1. The summed E-state index contributed by atoms with van der Waals surface area (Å²) >= 11 is 1.21. The summed E-state index contributed by atoms with van der Waals surface area (Å²) in [5, 5.41) is 11.9. The Balaban J connectivity index is 1.58. The molecule has 0 saturated heterocycles. The van der Waals surface area contributed by atoms with Gasteiger partial charge in [0.1, 0.15) is 29.0 Å². The molecular weight excluding hydrogens is 472 g/mol. The predicted molar refractivity (Wildman–Crippen MR) is 119 cm³/mol. The molecule has 2 amide bonds. The van der Waals surface area contributed by atoms with Gasteiger partial charge in [-0.1, -0.05) is 6.07 Å². The molecular formula is C24H18F4N2O3S. The summed E-state index contributed by atoms with van der Waals surface area (Å²) < 4.78 is 55.0. The normalized spacial score (nSPS) is 15.3. The quantitative estimate of drug-likeness (QED) is 0.499. The van der Waals surface area contributed by atoms with Crippen molar-refractivity contribution in [1.29, 1.82) is 0 Å². The fraction of sp³-hybridized carbons (Fsp3) is 0.167. The highest BCUT2D eigenvalue weighted by atomic mass is 32.2. The molecule has 1 aliphatic heterocycles. The molecule has 0 fully saturated rings. The third-order valence-electron chi connectivity index (χ3n) is 5.37. The summed E-state index contributed by atoms with van der Waals surface area (Å²) in [4.78, 5) is 27.3. The summed E-state index contributed by atoms with van der Waals surface area (Å²) in [6, 6.07) is 9.37. The number of hydrogen-bond donors (Lipinski definition) is 2. The van der Waals surface area contributed by atoms with Crippen LogP contribution in [0.25, 0.3) is 0 Å². The Hall–Kier alpha value is -3.53. The minimum atomic E-state index is -1.11. The average molecular weight is 490 g/mol. The lowest BCUT2D eigenvalue weighted by molar-refractivity contribution is -0.118. The van der Waals surface area contributed by atoms with Crippen LogP contribution >= 0.6 is 11.8 Å². The zero-order valence-corrected chi connectivity index (χ0v) is 18.6. The number of anilines is 1. The molecule has 0 aromatic heterocycles. The molecule has 4 rings (SSSR count). The minimum Gasteiger partial charge on any atom is -0.507 e. The van der Waals surface area contributed by atoms with E-state index >= 15 is 0 Å². The Morgan fingerprint density at radius 2 is 1.74 bits per heavy atom. The van der Waals surface area contributed by atoms with Crippen LogP contribution in [0.5, 0.6) is 5.75 Å². The molecule has 0 spiro atoms. The highest BCUT2D eigenvalue weighted by molar-refractivity contribution is 8.01. The number of fused-ring (bicyclic) bond motifs is 1. The molecule has 0 aliphatic carbocycles. The van der Waals surface area contributed by atoms with Gasteiger partial charge in [0.15, 0.2) is 0 Å². The Morgan fingerprint density at radius 3 is 2.41 bits per heavy atom. The van der Waals surface area contributed by atoms with Crippen molar-refractivity contribution < 1.29 is 32.3 Å². The first-order valence-corrected chi connectivity index (χ1v) is 11.0.